The van der Waals surface area contributed by atoms with Crippen molar-refractivity contribution in [3.05, 3.63) is 59.2 Å². The number of carbonyl (C=O) groups is 1. The number of carbonyl (C=O) groups excluding carboxylic acids is 1. The van der Waals surface area contributed by atoms with Gasteiger partial charge in [-0.2, -0.15) is 0 Å². The molecule has 0 aromatic heterocycles. The molecule has 2 aromatic carbocycles. The van der Waals surface area contributed by atoms with Crippen LogP contribution in [-0.4, -0.2) is 5.91 Å². The Balaban J connectivity index is 2.30. The summed E-state index contributed by atoms with van der Waals surface area (Å²) in [6.45, 7) is 3.94. The van der Waals surface area contributed by atoms with Gasteiger partial charge in [0.25, 0.3) is 5.91 Å². The highest BCUT2D eigenvalue weighted by molar-refractivity contribution is 6.06. The fourth-order valence-corrected chi connectivity index (χ4v) is 1.78. The molecule has 0 fully saturated rings. The van der Waals surface area contributed by atoms with Crippen LogP contribution in [0.5, 0.6) is 0 Å². The number of hydrogen-bond acceptors (Lipinski definition) is 2. The largest absolute Gasteiger partial charge is 0.397 e. The summed E-state index contributed by atoms with van der Waals surface area (Å²) in [5, 5.41) is 2.87. The highest BCUT2D eigenvalue weighted by Gasteiger charge is 2.10. The molecule has 0 saturated carbocycles. The van der Waals surface area contributed by atoms with Gasteiger partial charge >= 0.3 is 0 Å². The van der Waals surface area contributed by atoms with Crippen molar-refractivity contribution in [3.63, 3.8) is 0 Å². The van der Waals surface area contributed by atoms with Gasteiger partial charge in [-0.25, -0.2) is 0 Å². The average molecular weight is 240 g/mol. The molecule has 0 atom stereocenters. The van der Waals surface area contributed by atoms with Crippen LogP contribution in [0, 0.1) is 13.8 Å². The molecule has 3 nitrogen and oxygen atoms in total. The first-order valence-electron chi connectivity index (χ1n) is 5.81. The number of aryl methyl sites for hydroxylation is 1. The van der Waals surface area contributed by atoms with E-state index in [0.717, 1.165) is 11.1 Å². The van der Waals surface area contributed by atoms with Crippen LogP contribution in [0.2, 0.25) is 0 Å². The SMILES string of the molecule is Cc1ccc(N)c(NC(=O)c2ccccc2)c1C. The van der Waals surface area contributed by atoms with E-state index in [-0.39, 0.29) is 5.91 Å². The Bertz CT molecular complexity index is 577. The van der Waals surface area contributed by atoms with E-state index in [1.807, 2.05) is 44.2 Å². The highest BCUT2D eigenvalue weighted by atomic mass is 16.1. The zero-order valence-corrected chi connectivity index (χ0v) is 10.5. The lowest BCUT2D eigenvalue weighted by molar-refractivity contribution is 0.102. The molecule has 0 bridgehead atoms. The smallest absolute Gasteiger partial charge is 0.255 e. The summed E-state index contributed by atoms with van der Waals surface area (Å²) in [5.74, 6) is -0.143. The first-order valence-corrected chi connectivity index (χ1v) is 5.81. The second-order valence-corrected chi connectivity index (χ2v) is 4.29. The maximum Gasteiger partial charge on any atom is 0.255 e. The topological polar surface area (TPSA) is 55.1 Å². The molecular weight excluding hydrogens is 224 g/mol. The van der Waals surface area contributed by atoms with Crippen molar-refractivity contribution < 1.29 is 4.79 Å². The third-order valence-electron chi connectivity index (χ3n) is 3.04. The molecule has 3 N–H and O–H groups in total. The van der Waals surface area contributed by atoms with Crippen LogP contribution in [0.4, 0.5) is 11.4 Å². The lowest BCUT2D eigenvalue weighted by Gasteiger charge is -2.13. The number of benzene rings is 2. The van der Waals surface area contributed by atoms with Gasteiger partial charge in [-0.15, -0.1) is 0 Å². The normalized spacial score (nSPS) is 10.1. The summed E-state index contributed by atoms with van der Waals surface area (Å²) in [6.07, 6.45) is 0. The van der Waals surface area contributed by atoms with Gasteiger partial charge in [-0.1, -0.05) is 24.3 Å². The minimum Gasteiger partial charge on any atom is -0.397 e. The van der Waals surface area contributed by atoms with Crippen LogP contribution in [-0.2, 0) is 0 Å². The van der Waals surface area contributed by atoms with Gasteiger partial charge in [-0.3, -0.25) is 4.79 Å². The summed E-state index contributed by atoms with van der Waals surface area (Å²) in [6, 6.07) is 12.9. The minimum absolute atomic E-state index is 0.143. The summed E-state index contributed by atoms with van der Waals surface area (Å²) >= 11 is 0. The standard InChI is InChI=1S/C15H16N2O/c1-10-8-9-13(16)14(11(10)2)17-15(18)12-6-4-3-5-7-12/h3-9H,16H2,1-2H3,(H,17,18). The molecule has 18 heavy (non-hydrogen) atoms. The number of nitrogen functional groups attached to an aromatic ring is 1. The van der Waals surface area contributed by atoms with Gasteiger partial charge in [0.2, 0.25) is 0 Å². The van der Waals surface area contributed by atoms with E-state index >= 15 is 0 Å². The maximum atomic E-state index is 12.1. The summed E-state index contributed by atoms with van der Waals surface area (Å²) in [7, 11) is 0. The van der Waals surface area contributed by atoms with Crippen molar-refractivity contribution >= 4 is 17.3 Å². The summed E-state index contributed by atoms with van der Waals surface area (Å²) < 4.78 is 0. The number of anilines is 2. The second kappa shape index (κ2) is 4.92. The van der Waals surface area contributed by atoms with Crippen LogP contribution in [0.3, 0.4) is 0 Å². The van der Waals surface area contributed by atoms with Gasteiger partial charge in [0.15, 0.2) is 0 Å². The highest BCUT2D eigenvalue weighted by Crippen LogP contribution is 2.26. The molecule has 0 aliphatic heterocycles. The molecule has 2 rings (SSSR count). The number of amides is 1. The molecule has 1 amide bonds. The van der Waals surface area contributed by atoms with Gasteiger partial charge in [0, 0.05) is 5.56 Å². The van der Waals surface area contributed by atoms with Crippen molar-refractivity contribution in [3.8, 4) is 0 Å². The van der Waals surface area contributed by atoms with E-state index in [2.05, 4.69) is 5.32 Å². The Kier molecular flexibility index (Phi) is 3.33. The zero-order valence-electron chi connectivity index (χ0n) is 10.5. The van der Waals surface area contributed by atoms with E-state index < -0.39 is 0 Å². The minimum atomic E-state index is -0.143. The zero-order chi connectivity index (χ0) is 13.1. The summed E-state index contributed by atoms with van der Waals surface area (Å²) in [4.78, 5) is 12.1. The molecule has 3 heteroatoms. The van der Waals surface area contributed by atoms with Gasteiger partial charge in [0.05, 0.1) is 11.4 Å². The first-order chi connectivity index (χ1) is 8.59. The molecule has 0 saturated heterocycles. The van der Waals surface area contributed by atoms with Crippen molar-refractivity contribution in [1.29, 1.82) is 0 Å². The maximum absolute atomic E-state index is 12.1. The van der Waals surface area contributed by atoms with Gasteiger partial charge in [0.1, 0.15) is 0 Å². The van der Waals surface area contributed by atoms with E-state index in [0.29, 0.717) is 16.9 Å². The van der Waals surface area contributed by atoms with Gasteiger partial charge in [-0.05, 0) is 43.2 Å². The fourth-order valence-electron chi connectivity index (χ4n) is 1.78. The molecule has 92 valence electrons. The average Bonchev–Trinajstić information content (AvgIpc) is 2.40. The number of nitrogens with two attached hydrogens (primary N) is 1. The Morgan fingerprint density at radius 3 is 2.39 bits per heavy atom. The van der Waals surface area contributed by atoms with Crippen LogP contribution in [0.15, 0.2) is 42.5 Å². The number of nitrogens with one attached hydrogen (secondary N) is 1. The first kappa shape index (κ1) is 12.2. The van der Waals surface area contributed by atoms with Crippen LogP contribution in [0.25, 0.3) is 0 Å². The molecule has 0 unspecified atom stereocenters. The Morgan fingerprint density at radius 1 is 1.06 bits per heavy atom. The Labute approximate surface area is 107 Å². The molecule has 0 radical (unpaired) electrons. The predicted octanol–water partition coefficient (Wildman–Crippen LogP) is 3.14. The van der Waals surface area contributed by atoms with E-state index in [1.54, 1.807) is 12.1 Å². The monoisotopic (exact) mass is 240 g/mol. The Hall–Kier alpha value is -2.29. The lowest BCUT2D eigenvalue weighted by Crippen LogP contribution is -2.14. The predicted molar refractivity (Wildman–Crippen MR) is 74.7 cm³/mol. The van der Waals surface area contributed by atoms with Crippen LogP contribution < -0.4 is 11.1 Å². The van der Waals surface area contributed by atoms with E-state index in [1.165, 1.54) is 0 Å². The lowest BCUT2D eigenvalue weighted by atomic mass is 10.1. The molecule has 0 aliphatic rings. The molecular formula is C15H16N2O. The van der Waals surface area contributed by atoms with Crippen molar-refractivity contribution in [2.75, 3.05) is 11.1 Å². The van der Waals surface area contributed by atoms with E-state index in [9.17, 15) is 4.79 Å². The molecule has 0 heterocycles. The van der Waals surface area contributed by atoms with Crippen LogP contribution in [0.1, 0.15) is 21.5 Å². The number of rotatable bonds is 2. The van der Waals surface area contributed by atoms with Gasteiger partial charge < -0.3 is 11.1 Å². The molecule has 0 aliphatic carbocycles. The van der Waals surface area contributed by atoms with E-state index in [4.69, 9.17) is 5.73 Å². The molecule has 0 spiro atoms. The second-order valence-electron chi connectivity index (χ2n) is 4.29. The Morgan fingerprint density at radius 2 is 1.72 bits per heavy atom. The summed E-state index contributed by atoms with van der Waals surface area (Å²) in [5.41, 5.74) is 9.91. The third-order valence-corrected chi connectivity index (χ3v) is 3.04. The quantitative estimate of drug-likeness (QED) is 0.792. The van der Waals surface area contributed by atoms with Crippen molar-refractivity contribution in [2.45, 2.75) is 13.8 Å². The fraction of sp³-hybridized carbons (Fsp3) is 0.133. The third kappa shape index (κ3) is 2.35. The van der Waals surface area contributed by atoms with Crippen LogP contribution >= 0.6 is 0 Å². The van der Waals surface area contributed by atoms with Crippen molar-refractivity contribution in [1.82, 2.24) is 0 Å². The molecule has 2 aromatic rings. The van der Waals surface area contributed by atoms with Crippen molar-refractivity contribution in [2.24, 2.45) is 0 Å². The number of hydrogen-bond donors (Lipinski definition) is 2.